The Hall–Kier alpha value is -1.94. The van der Waals surface area contributed by atoms with E-state index in [0.717, 1.165) is 28.3 Å². The minimum absolute atomic E-state index is 0.0408. The van der Waals surface area contributed by atoms with Gasteiger partial charge in [0.05, 0.1) is 24.5 Å². The van der Waals surface area contributed by atoms with Crippen LogP contribution in [-0.2, 0) is 0 Å². The van der Waals surface area contributed by atoms with Crippen molar-refractivity contribution in [3.63, 3.8) is 0 Å². The Balaban J connectivity index is 2.57. The first-order chi connectivity index (χ1) is 9.56. The van der Waals surface area contributed by atoms with Crippen LogP contribution in [0, 0.1) is 20.8 Å². The van der Waals surface area contributed by atoms with E-state index in [4.69, 9.17) is 4.74 Å². The van der Waals surface area contributed by atoms with Gasteiger partial charge in [0.1, 0.15) is 5.75 Å². The van der Waals surface area contributed by atoms with Crippen molar-refractivity contribution in [1.82, 2.24) is 15.5 Å². The Morgan fingerprint density at radius 2 is 1.80 bits per heavy atom. The fourth-order valence-corrected chi connectivity index (χ4v) is 2.42. The van der Waals surface area contributed by atoms with Crippen LogP contribution in [0.4, 0.5) is 0 Å². The van der Waals surface area contributed by atoms with Gasteiger partial charge in [-0.15, -0.1) is 0 Å². The molecule has 1 aromatic heterocycles. The van der Waals surface area contributed by atoms with Gasteiger partial charge in [0.15, 0.2) is 0 Å². The van der Waals surface area contributed by atoms with Crippen LogP contribution in [0.1, 0.15) is 34.1 Å². The largest absolute Gasteiger partial charge is 0.496 e. The molecule has 0 saturated carbocycles. The van der Waals surface area contributed by atoms with Crippen LogP contribution in [0.3, 0.4) is 0 Å². The lowest BCUT2D eigenvalue weighted by atomic mass is 9.95. The zero-order valence-electron chi connectivity index (χ0n) is 12.7. The molecule has 0 bridgehead atoms. The maximum Gasteiger partial charge on any atom is 0.124 e. The summed E-state index contributed by atoms with van der Waals surface area (Å²) in [4.78, 5) is 0. The zero-order valence-corrected chi connectivity index (χ0v) is 12.7. The van der Waals surface area contributed by atoms with Crippen molar-refractivity contribution in [3.05, 3.63) is 52.3 Å². The molecule has 0 aliphatic rings. The average molecular weight is 271 g/mol. The molecular weight excluding hydrogens is 250 g/mol. The number of hydrogen-bond acceptors (Lipinski definition) is 4. The van der Waals surface area contributed by atoms with E-state index in [0.29, 0.717) is 0 Å². The Morgan fingerprint density at radius 3 is 2.45 bits per heavy atom. The molecule has 1 atom stereocenters. The second-order valence-corrected chi connectivity index (χ2v) is 4.99. The Bertz CT molecular complexity index is 611. The summed E-state index contributed by atoms with van der Waals surface area (Å²) in [7, 11) is 3.64. The third-order valence-electron chi connectivity index (χ3n) is 3.44. The zero-order chi connectivity index (χ0) is 14.7. The van der Waals surface area contributed by atoms with Gasteiger partial charge in [0.2, 0.25) is 0 Å². The lowest BCUT2D eigenvalue weighted by Crippen LogP contribution is -2.20. The standard InChI is InChI=1S/C16H21N3O/c1-10-6-7-15(20-5)14(8-10)16(17-4)13-9-11(2)18-19-12(13)3/h6-9,16-17H,1-5H3. The minimum Gasteiger partial charge on any atom is -0.496 e. The monoisotopic (exact) mass is 271 g/mol. The number of aryl methyl sites for hydroxylation is 3. The minimum atomic E-state index is 0.0408. The van der Waals surface area contributed by atoms with Gasteiger partial charge in [-0.1, -0.05) is 17.7 Å². The smallest absolute Gasteiger partial charge is 0.124 e. The molecular formula is C16H21N3O. The van der Waals surface area contributed by atoms with Crippen molar-refractivity contribution in [2.24, 2.45) is 0 Å². The molecule has 0 fully saturated rings. The molecule has 0 aliphatic heterocycles. The number of nitrogens with one attached hydrogen (secondary N) is 1. The maximum absolute atomic E-state index is 5.50. The van der Waals surface area contributed by atoms with Gasteiger partial charge >= 0.3 is 0 Å². The highest BCUT2D eigenvalue weighted by Crippen LogP contribution is 2.31. The number of ether oxygens (including phenoxy) is 1. The van der Waals surface area contributed by atoms with Gasteiger partial charge in [-0.25, -0.2) is 0 Å². The molecule has 0 radical (unpaired) electrons. The first-order valence-electron chi connectivity index (χ1n) is 6.69. The molecule has 1 unspecified atom stereocenters. The number of nitrogens with zero attached hydrogens (tertiary/aromatic N) is 2. The van der Waals surface area contributed by atoms with Crippen molar-refractivity contribution < 1.29 is 4.74 Å². The molecule has 4 heteroatoms. The van der Waals surface area contributed by atoms with Crippen molar-refractivity contribution >= 4 is 0 Å². The average Bonchev–Trinajstić information content (AvgIpc) is 2.44. The van der Waals surface area contributed by atoms with Gasteiger partial charge in [0.25, 0.3) is 0 Å². The summed E-state index contributed by atoms with van der Waals surface area (Å²) in [6.07, 6.45) is 0. The number of aromatic nitrogens is 2. The molecule has 4 nitrogen and oxygen atoms in total. The van der Waals surface area contributed by atoms with Crippen LogP contribution in [0.15, 0.2) is 24.3 Å². The van der Waals surface area contributed by atoms with Gasteiger partial charge in [-0.05, 0) is 45.5 Å². The highest BCUT2D eigenvalue weighted by molar-refractivity contribution is 5.44. The molecule has 1 aromatic carbocycles. The third-order valence-corrected chi connectivity index (χ3v) is 3.44. The van der Waals surface area contributed by atoms with E-state index in [1.165, 1.54) is 5.56 Å². The fraction of sp³-hybridized carbons (Fsp3) is 0.375. The second-order valence-electron chi connectivity index (χ2n) is 4.99. The van der Waals surface area contributed by atoms with E-state index in [-0.39, 0.29) is 6.04 Å². The summed E-state index contributed by atoms with van der Waals surface area (Å²) in [6.45, 7) is 6.02. The summed E-state index contributed by atoms with van der Waals surface area (Å²) in [5, 5.41) is 11.7. The predicted octanol–water partition coefficient (Wildman–Crippen LogP) is 2.72. The van der Waals surface area contributed by atoms with E-state index in [1.54, 1.807) is 7.11 Å². The van der Waals surface area contributed by atoms with Crippen molar-refractivity contribution in [2.45, 2.75) is 26.8 Å². The highest BCUT2D eigenvalue weighted by atomic mass is 16.5. The maximum atomic E-state index is 5.50. The van der Waals surface area contributed by atoms with Gasteiger partial charge in [-0.3, -0.25) is 0 Å². The van der Waals surface area contributed by atoms with Crippen LogP contribution >= 0.6 is 0 Å². The molecule has 20 heavy (non-hydrogen) atoms. The Labute approximate surface area is 120 Å². The van der Waals surface area contributed by atoms with Crippen molar-refractivity contribution in [3.8, 4) is 5.75 Å². The summed E-state index contributed by atoms with van der Waals surface area (Å²) in [6, 6.07) is 8.32. The number of benzene rings is 1. The van der Waals surface area contributed by atoms with Gasteiger partial charge < -0.3 is 10.1 Å². The Morgan fingerprint density at radius 1 is 1.05 bits per heavy atom. The Kier molecular flexibility index (Phi) is 4.35. The third kappa shape index (κ3) is 2.80. The lowest BCUT2D eigenvalue weighted by Gasteiger charge is -2.21. The fourth-order valence-electron chi connectivity index (χ4n) is 2.42. The van der Waals surface area contributed by atoms with Crippen LogP contribution in [-0.4, -0.2) is 24.4 Å². The summed E-state index contributed by atoms with van der Waals surface area (Å²) in [5.74, 6) is 0.879. The molecule has 0 aliphatic carbocycles. The van der Waals surface area contributed by atoms with E-state index in [9.17, 15) is 0 Å². The molecule has 0 saturated heterocycles. The topological polar surface area (TPSA) is 47.0 Å². The van der Waals surface area contributed by atoms with Crippen LogP contribution < -0.4 is 10.1 Å². The lowest BCUT2D eigenvalue weighted by molar-refractivity contribution is 0.405. The van der Waals surface area contributed by atoms with Gasteiger partial charge in [0, 0.05) is 5.56 Å². The van der Waals surface area contributed by atoms with Crippen LogP contribution in [0.5, 0.6) is 5.75 Å². The number of methoxy groups -OCH3 is 1. The molecule has 2 rings (SSSR count). The normalized spacial score (nSPS) is 12.2. The van der Waals surface area contributed by atoms with Crippen molar-refractivity contribution in [2.75, 3.05) is 14.2 Å². The van der Waals surface area contributed by atoms with E-state index in [2.05, 4.69) is 40.6 Å². The molecule has 2 aromatic rings. The van der Waals surface area contributed by atoms with Crippen molar-refractivity contribution in [1.29, 1.82) is 0 Å². The molecule has 1 heterocycles. The van der Waals surface area contributed by atoms with Gasteiger partial charge in [-0.2, -0.15) is 10.2 Å². The highest BCUT2D eigenvalue weighted by Gasteiger charge is 2.19. The van der Waals surface area contributed by atoms with Crippen LogP contribution in [0.25, 0.3) is 0 Å². The summed E-state index contributed by atoms with van der Waals surface area (Å²) >= 11 is 0. The number of hydrogen-bond donors (Lipinski definition) is 1. The predicted molar refractivity (Wildman–Crippen MR) is 80.1 cm³/mol. The van der Waals surface area contributed by atoms with E-state index in [1.807, 2.05) is 27.0 Å². The summed E-state index contributed by atoms with van der Waals surface area (Å²) in [5.41, 5.74) is 5.29. The first kappa shape index (κ1) is 14.5. The molecule has 1 N–H and O–H groups in total. The van der Waals surface area contributed by atoms with E-state index < -0.39 is 0 Å². The number of rotatable bonds is 4. The molecule has 0 amide bonds. The quantitative estimate of drug-likeness (QED) is 0.929. The summed E-state index contributed by atoms with van der Waals surface area (Å²) < 4.78 is 5.50. The van der Waals surface area contributed by atoms with E-state index >= 15 is 0 Å². The molecule has 106 valence electrons. The van der Waals surface area contributed by atoms with Crippen LogP contribution in [0.2, 0.25) is 0 Å². The first-order valence-corrected chi connectivity index (χ1v) is 6.69. The SMILES string of the molecule is CNC(c1cc(C)ccc1OC)c1cc(C)nnc1C. The second kappa shape index (κ2) is 6.01. The molecule has 0 spiro atoms.